The molecule has 3 aromatic heterocycles. The van der Waals surface area contributed by atoms with Crippen LogP contribution in [0, 0.1) is 0 Å². The van der Waals surface area contributed by atoms with Gasteiger partial charge in [0, 0.05) is 24.5 Å². The predicted octanol–water partition coefficient (Wildman–Crippen LogP) is 0.966. The fourth-order valence-corrected chi connectivity index (χ4v) is 1.36. The first-order chi connectivity index (χ1) is 7.33. The molecule has 0 atom stereocenters. The summed E-state index contributed by atoms with van der Waals surface area (Å²) in [5.41, 5.74) is 6.87. The lowest BCUT2D eigenvalue weighted by Gasteiger charge is -1.86. The Balaban J connectivity index is 2.19. The zero-order valence-electron chi connectivity index (χ0n) is 7.66. The Morgan fingerprint density at radius 2 is 2.27 bits per heavy atom. The van der Waals surface area contributed by atoms with E-state index in [1.807, 2.05) is 6.20 Å². The van der Waals surface area contributed by atoms with E-state index in [9.17, 15) is 0 Å². The Hall–Kier alpha value is -2.37. The van der Waals surface area contributed by atoms with Gasteiger partial charge in [0.1, 0.15) is 5.69 Å². The molecular weight excluding hydrogens is 194 g/mol. The van der Waals surface area contributed by atoms with Crippen LogP contribution in [0.3, 0.4) is 0 Å². The zero-order valence-corrected chi connectivity index (χ0v) is 7.66. The highest BCUT2D eigenvalue weighted by Crippen LogP contribution is 2.20. The molecule has 2 N–H and O–H groups in total. The maximum atomic E-state index is 5.46. The van der Waals surface area contributed by atoms with Crippen LogP contribution in [-0.2, 0) is 0 Å². The smallest absolute Gasteiger partial charge is 0.189 e. The first-order valence-corrected chi connectivity index (χ1v) is 4.36. The summed E-state index contributed by atoms with van der Waals surface area (Å²) < 4.78 is 6.66. The monoisotopic (exact) mass is 201 g/mol. The second kappa shape index (κ2) is 2.81. The van der Waals surface area contributed by atoms with Gasteiger partial charge in [-0.1, -0.05) is 5.16 Å². The molecule has 0 amide bonds. The highest BCUT2D eigenvalue weighted by molar-refractivity contribution is 5.60. The van der Waals surface area contributed by atoms with Crippen molar-refractivity contribution in [2.45, 2.75) is 0 Å². The van der Waals surface area contributed by atoms with Crippen LogP contribution in [0.5, 0.6) is 0 Å². The topological polar surface area (TPSA) is 82.2 Å². The molecule has 3 rings (SSSR count). The normalized spacial score (nSPS) is 10.9. The van der Waals surface area contributed by atoms with Crippen LogP contribution in [0.4, 0.5) is 5.82 Å². The van der Waals surface area contributed by atoms with Crippen molar-refractivity contribution in [2.75, 3.05) is 5.73 Å². The molecule has 0 aromatic carbocycles. The number of aromatic nitrogens is 4. The summed E-state index contributed by atoms with van der Waals surface area (Å²) in [4.78, 5) is 4.14. The van der Waals surface area contributed by atoms with Gasteiger partial charge in [-0.05, 0) is 6.07 Å². The van der Waals surface area contributed by atoms with Crippen LogP contribution in [0.2, 0.25) is 0 Å². The Kier molecular flexibility index (Phi) is 1.49. The SMILES string of the molecule is Nc1cc(-c2cc3ncccn3n2)on1. The molecule has 0 saturated carbocycles. The van der Waals surface area contributed by atoms with Gasteiger partial charge in [0.2, 0.25) is 0 Å². The van der Waals surface area contributed by atoms with Crippen LogP contribution < -0.4 is 5.73 Å². The average Bonchev–Trinajstić information content (AvgIpc) is 2.82. The van der Waals surface area contributed by atoms with Gasteiger partial charge in [0.25, 0.3) is 0 Å². The predicted molar refractivity (Wildman–Crippen MR) is 52.9 cm³/mol. The number of hydrogen-bond acceptors (Lipinski definition) is 5. The molecule has 0 bridgehead atoms. The van der Waals surface area contributed by atoms with E-state index in [2.05, 4.69) is 15.2 Å². The van der Waals surface area contributed by atoms with Gasteiger partial charge in [0.15, 0.2) is 17.2 Å². The molecule has 6 nitrogen and oxygen atoms in total. The van der Waals surface area contributed by atoms with E-state index >= 15 is 0 Å². The number of nitrogens with zero attached hydrogens (tertiary/aromatic N) is 4. The molecule has 3 aromatic rings. The number of hydrogen-bond donors (Lipinski definition) is 1. The molecule has 74 valence electrons. The lowest BCUT2D eigenvalue weighted by molar-refractivity contribution is 0.434. The summed E-state index contributed by atoms with van der Waals surface area (Å²) in [5.74, 6) is 0.882. The minimum Gasteiger partial charge on any atom is -0.381 e. The van der Waals surface area contributed by atoms with Crippen molar-refractivity contribution in [3.63, 3.8) is 0 Å². The number of nitrogens with two attached hydrogens (primary N) is 1. The molecule has 6 heteroatoms. The van der Waals surface area contributed by atoms with Gasteiger partial charge in [-0.25, -0.2) is 9.50 Å². The summed E-state index contributed by atoms with van der Waals surface area (Å²) >= 11 is 0. The third kappa shape index (κ3) is 1.23. The van der Waals surface area contributed by atoms with Crippen molar-refractivity contribution in [3.8, 4) is 11.5 Å². The maximum absolute atomic E-state index is 5.46. The first kappa shape index (κ1) is 7.98. The Morgan fingerprint density at radius 1 is 1.33 bits per heavy atom. The second-order valence-corrected chi connectivity index (χ2v) is 3.07. The van der Waals surface area contributed by atoms with Crippen molar-refractivity contribution >= 4 is 11.5 Å². The Labute approximate surface area is 84.3 Å². The second-order valence-electron chi connectivity index (χ2n) is 3.07. The van der Waals surface area contributed by atoms with Crippen LogP contribution in [0.1, 0.15) is 0 Å². The van der Waals surface area contributed by atoms with Crippen molar-refractivity contribution in [1.82, 2.24) is 19.8 Å². The fourth-order valence-electron chi connectivity index (χ4n) is 1.36. The summed E-state index contributed by atoms with van der Waals surface area (Å²) in [6, 6.07) is 5.24. The molecule has 0 saturated heterocycles. The minimum absolute atomic E-state index is 0.343. The van der Waals surface area contributed by atoms with Crippen molar-refractivity contribution in [1.29, 1.82) is 0 Å². The van der Waals surface area contributed by atoms with Gasteiger partial charge >= 0.3 is 0 Å². The van der Waals surface area contributed by atoms with E-state index in [4.69, 9.17) is 10.3 Å². The van der Waals surface area contributed by atoms with Gasteiger partial charge in [-0.3, -0.25) is 0 Å². The fraction of sp³-hybridized carbons (Fsp3) is 0. The Bertz CT molecular complexity index is 579. The molecule has 0 unspecified atom stereocenters. The van der Waals surface area contributed by atoms with E-state index in [0.717, 1.165) is 5.65 Å². The number of fused-ring (bicyclic) bond motifs is 1. The third-order valence-electron chi connectivity index (χ3n) is 2.02. The van der Waals surface area contributed by atoms with E-state index in [1.54, 1.807) is 28.9 Å². The molecule has 0 aliphatic rings. The van der Waals surface area contributed by atoms with Crippen LogP contribution in [0.15, 0.2) is 35.1 Å². The van der Waals surface area contributed by atoms with Crippen LogP contribution in [-0.4, -0.2) is 19.8 Å². The number of anilines is 1. The van der Waals surface area contributed by atoms with Gasteiger partial charge in [-0.2, -0.15) is 5.10 Å². The van der Waals surface area contributed by atoms with Crippen molar-refractivity contribution in [3.05, 3.63) is 30.6 Å². The molecule has 15 heavy (non-hydrogen) atoms. The van der Waals surface area contributed by atoms with Gasteiger partial charge < -0.3 is 10.3 Å². The third-order valence-corrected chi connectivity index (χ3v) is 2.02. The highest BCUT2D eigenvalue weighted by atomic mass is 16.5. The average molecular weight is 201 g/mol. The lowest BCUT2D eigenvalue weighted by atomic mass is 10.3. The van der Waals surface area contributed by atoms with E-state index in [-0.39, 0.29) is 0 Å². The maximum Gasteiger partial charge on any atom is 0.189 e. The molecule has 0 aliphatic heterocycles. The van der Waals surface area contributed by atoms with Crippen LogP contribution >= 0.6 is 0 Å². The quantitative estimate of drug-likeness (QED) is 0.634. The summed E-state index contributed by atoms with van der Waals surface area (Å²) in [6.45, 7) is 0. The molecular formula is C9H7N5O. The minimum atomic E-state index is 0.343. The van der Waals surface area contributed by atoms with Gasteiger partial charge in [0.05, 0.1) is 0 Å². The number of rotatable bonds is 1. The van der Waals surface area contributed by atoms with Crippen molar-refractivity contribution in [2.24, 2.45) is 0 Å². The van der Waals surface area contributed by atoms with E-state index in [0.29, 0.717) is 17.3 Å². The Morgan fingerprint density at radius 3 is 3.00 bits per heavy atom. The lowest BCUT2D eigenvalue weighted by Crippen LogP contribution is -1.86. The molecule has 0 radical (unpaired) electrons. The molecule has 0 aliphatic carbocycles. The standard InChI is InChI=1S/C9H7N5O/c10-8-5-7(15-13-8)6-4-9-11-2-1-3-14(9)12-6/h1-5H,(H2,10,13). The zero-order chi connectivity index (χ0) is 10.3. The molecule has 0 spiro atoms. The summed E-state index contributed by atoms with van der Waals surface area (Å²) in [6.07, 6.45) is 3.51. The highest BCUT2D eigenvalue weighted by Gasteiger charge is 2.09. The summed E-state index contributed by atoms with van der Waals surface area (Å²) in [7, 11) is 0. The van der Waals surface area contributed by atoms with E-state index in [1.165, 1.54) is 0 Å². The first-order valence-electron chi connectivity index (χ1n) is 4.36. The number of nitrogen functional groups attached to an aromatic ring is 1. The largest absolute Gasteiger partial charge is 0.381 e. The molecule has 3 heterocycles. The van der Waals surface area contributed by atoms with Gasteiger partial charge in [-0.15, -0.1) is 0 Å². The summed E-state index contributed by atoms with van der Waals surface area (Å²) in [5, 5.41) is 7.86. The van der Waals surface area contributed by atoms with E-state index < -0.39 is 0 Å². The molecule has 0 fully saturated rings. The van der Waals surface area contributed by atoms with Crippen LogP contribution in [0.25, 0.3) is 17.1 Å². The van der Waals surface area contributed by atoms with Crippen molar-refractivity contribution < 1.29 is 4.52 Å².